The minimum atomic E-state index is -0.108. The molecule has 112 valence electrons. The smallest absolute Gasteiger partial charge is 0.128 e. The molecule has 1 heterocycles. The number of pyridine rings is 1. The van der Waals surface area contributed by atoms with Crippen molar-refractivity contribution in [3.8, 4) is 11.5 Å². The fourth-order valence-corrected chi connectivity index (χ4v) is 2.30. The first kappa shape index (κ1) is 15.3. The van der Waals surface area contributed by atoms with Gasteiger partial charge in [-0.25, -0.2) is 0 Å². The number of methoxy groups -OCH3 is 1. The molecule has 0 aliphatic heterocycles. The van der Waals surface area contributed by atoms with E-state index >= 15 is 0 Å². The third-order valence-electron chi connectivity index (χ3n) is 3.41. The van der Waals surface area contributed by atoms with E-state index in [0.717, 1.165) is 28.3 Å². The van der Waals surface area contributed by atoms with Gasteiger partial charge in [-0.05, 0) is 26.0 Å². The van der Waals surface area contributed by atoms with Crippen LogP contribution in [0.2, 0.25) is 0 Å². The fourth-order valence-electron chi connectivity index (χ4n) is 2.30. The zero-order valence-corrected chi connectivity index (χ0v) is 12.8. The van der Waals surface area contributed by atoms with E-state index in [9.17, 15) is 0 Å². The predicted octanol–water partition coefficient (Wildman–Crippen LogP) is 2.66. The quantitative estimate of drug-likeness (QED) is 0.887. The van der Waals surface area contributed by atoms with Crippen molar-refractivity contribution < 1.29 is 9.47 Å². The van der Waals surface area contributed by atoms with Gasteiger partial charge < -0.3 is 15.2 Å². The fraction of sp³-hybridized carbons (Fsp3) is 0.353. The summed E-state index contributed by atoms with van der Waals surface area (Å²) in [5.74, 6) is 1.72. The van der Waals surface area contributed by atoms with Crippen LogP contribution in [0.1, 0.15) is 16.8 Å². The molecular weight excluding hydrogens is 264 g/mol. The summed E-state index contributed by atoms with van der Waals surface area (Å²) in [6.07, 6.45) is 2.49. The van der Waals surface area contributed by atoms with E-state index in [1.54, 1.807) is 7.11 Å². The van der Waals surface area contributed by atoms with Gasteiger partial charge in [0.05, 0.1) is 7.11 Å². The van der Waals surface area contributed by atoms with Crippen LogP contribution in [-0.2, 0) is 6.42 Å². The van der Waals surface area contributed by atoms with Crippen molar-refractivity contribution in [2.75, 3.05) is 13.7 Å². The number of rotatable bonds is 6. The third kappa shape index (κ3) is 3.95. The first-order valence-electron chi connectivity index (χ1n) is 7.04. The number of aryl methyl sites for hydroxylation is 1. The Morgan fingerprint density at radius 2 is 1.90 bits per heavy atom. The Morgan fingerprint density at radius 3 is 2.57 bits per heavy atom. The highest BCUT2D eigenvalue weighted by Gasteiger charge is 2.13. The number of aromatic nitrogens is 1. The SMILES string of the molecule is COc1c(C)cnc(CC(N)COc2ccccc2)c1C. The van der Waals surface area contributed by atoms with Gasteiger partial charge in [-0.1, -0.05) is 18.2 Å². The molecule has 0 aliphatic rings. The van der Waals surface area contributed by atoms with E-state index < -0.39 is 0 Å². The van der Waals surface area contributed by atoms with Crippen molar-refractivity contribution in [2.24, 2.45) is 5.73 Å². The highest BCUT2D eigenvalue weighted by Crippen LogP contribution is 2.24. The minimum Gasteiger partial charge on any atom is -0.496 e. The van der Waals surface area contributed by atoms with Crippen molar-refractivity contribution in [3.05, 3.63) is 53.3 Å². The maximum absolute atomic E-state index is 6.15. The predicted molar refractivity (Wildman–Crippen MR) is 83.9 cm³/mol. The largest absolute Gasteiger partial charge is 0.496 e. The van der Waals surface area contributed by atoms with Gasteiger partial charge >= 0.3 is 0 Å². The number of nitrogens with two attached hydrogens (primary N) is 1. The van der Waals surface area contributed by atoms with Crippen LogP contribution in [0.4, 0.5) is 0 Å². The molecule has 0 saturated heterocycles. The lowest BCUT2D eigenvalue weighted by atomic mass is 10.1. The molecule has 1 unspecified atom stereocenters. The number of nitrogens with zero attached hydrogens (tertiary/aromatic N) is 1. The summed E-state index contributed by atoms with van der Waals surface area (Å²) in [6.45, 7) is 4.46. The highest BCUT2D eigenvalue weighted by atomic mass is 16.5. The number of hydrogen-bond donors (Lipinski definition) is 1. The van der Waals surface area contributed by atoms with Crippen LogP contribution in [0.3, 0.4) is 0 Å². The number of benzene rings is 1. The maximum atomic E-state index is 6.15. The van der Waals surface area contributed by atoms with Gasteiger partial charge in [0.15, 0.2) is 0 Å². The normalized spacial score (nSPS) is 12.0. The lowest BCUT2D eigenvalue weighted by Gasteiger charge is -2.16. The van der Waals surface area contributed by atoms with E-state index in [-0.39, 0.29) is 6.04 Å². The Labute approximate surface area is 125 Å². The van der Waals surface area contributed by atoms with Crippen molar-refractivity contribution >= 4 is 0 Å². The molecule has 0 bridgehead atoms. The summed E-state index contributed by atoms with van der Waals surface area (Å²) in [4.78, 5) is 4.47. The van der Waals surface area contributed by atoms with Gasteiger partial charge in [0.2, 0.25) is 0 Å². The van der Waals surface area contributed by atoms with Crippen LogP contribution in [0.15, 0.2) is 36.5 Å². The Bertz CT molecular complexity index is 585. The molecule has 2 N–H and O–H groups in total. The van der Waals surface area contributed by atoms with Crippen LogP contribution in [0, 0.1) is 13.8 Å². The zero-order chi connectivity index (χ0) is 15.2. The van der Waals surface area contributed by atoms with Crippen LogP contribution in [0.5, 0.6) is 11.5 Å². The number of para-hydroxylation sites is 1. The molecule has 2 rings (SSSR count). The molecule has 0 radical (unpaired) electrons. The van der Waals surface area contributed by atoms with Gasteiger partial charge in [0.1, 0.15) is 18.1 Å². The minimum absolute atomic E-state index is 0.108. The third-order valence-corrected chi connectivity index (χ3v) is 3.41. The highest BCUT2D eigenvalue weighted by molar-refractivity contribution is 5.41. The number of ether oxygens (including phenoxy) is 2. The Hall–Kier alpha value is -2.07. The molecule has 0 fully saturated rings. The summed E-state index contributed by atoms with van der Waals surface area (Å²) >= 11 is 0. The average molecular weight is 286 g/mol. The second kappa shape index (κ2) is 7.09. The molecule has 1 atom stereocenters. The van der Waals surface area contributed by atoms with Gasteiger partial charge in [-0.2, -0.15) is 0 Å². The average Bonchev–Trinajstić information content (AvgIpc) is 2.50. The van der Waals surface area contributed by atoms with E-state index in [1.165, 1.54) is 0 Å². The van der Waals surface area contributed by atoms with Crippen LogP contribution in [0.25, 0.3) is 0 Å². The first-order chi connectivity index (χ1) is 10.1. The zero-order valence-electron chi connectivity index (χ0n) is 12.8. The molecule has 1 aromatic carbocycles. The molecule has 1 aromatic heterocycles. The second-order valence-corrected chi connectivity index (χ2v) is 5.13. The molecule has 0 saturated carbocycles. The molecule has 21 heavy (non-hydrogen) atoms. The van der Waals surface area contributed by atoms with E-state index in [0.29, 0.717) is 13.0 Å². The molecular formula is C17H22N2O2. The van der Waals surface area contributed by atoms with Gasteiger partial charge in [-0.15, -0.1) is 0 Å². The standard InChI is InChI=1S/C17H22N2O2/c1-12-10-19-16(13(2)17(12)20-3)9-14(18)11-21-15-7-5-4-6-8-15/h4-8,10,14H,9,11,18H2,1-3H3. The van der Waals surface area contributed by atoms with Crippen LogP contribution >= 0.6 is 0 Å². The lowest BCUT2D eigenvalue weighted by molar-refractivity contribution is 0.286. The monoisotopic (exact) mass is 286 g/mol. The molecule has 0 amide bonds. The van der Waals surface area contributed by atoms with E-state index in [2.05, 4.69) is 4.98 Å². The van der Waals surface area contributed by atoms with Gasteiger partial charge in [0, 0.05) is 35.5 Å². The van der Waals surface area contributed by atoms with Crippen LogP contribution in [-0.4, -0.2) is 24.7 Å². The summed E-state index contributed by atoms with van der Waals surface area (Å²) < 4.78 is 11.1. The molecule has 2 aromatic rings. The molecule has 0 spiro atoms. The van der Waals surface area contributed by atoms with E-state index in [1.807, 2.05) is 50.4 Å². The Morgan fingerprint density at radius 1 is 1.19 bits per heavy atom. The van der Waals surface area contributed by atoms with E-state index in [4.69, 9.17) is 15.2 Å². The first-order valence-corrected chi connectivity index (χ1v) is 7.04. The molecule has 4 heteroatoms. The summed E-state index contributed by atoms with van der Waals surface area (Å²) in [6, 6.07) is 9.58. The van der Waals surface area contributed by atoms with Crippen molar-refractivity contribution in [1.82, 2.24) is 4.98 Å². The molecule has 0 aliphatic carbocycles. The second-order valence-electron chi connectivity index (χ2n) is 5.13. The number of hydrogen-bond acceptors (Lipinski definition) is 4. The van der Waals surface area contributed by atoms with Crippen LogP contribution < -0.4 is 15.2 Å². The maximum Gasteiger partial charge on any atom is 0.128 e. The summed E-state index contributed by atoms with van der Waals surface area (Å²) in [7, 11) is 1.68. The Balaban J connectivity index is 1.98. The lowest BCUT2D eigenvalue weighted by Crippen LogP contribution is -2.30. The summed E-state index contributed by atoms with van der Waals surface area (Å²) in [5, 5.41) is 0. The van der Waals surface area contributed by atoms with Gasteiger partial charge in [-0.3, -0.25) is 4.98 Å². The molecule has 4 nitrogen and oxygen atoms in total. The van der Waals surface area contributed by atoms with Gasteiger partial charge in [0.25, 0.3) is 0 Å². The topological polar surface area (TPSA) is 57.4 Å². The van der Waals surface area contributed by atoms with Crippen molar-refractivity contribution in [1.29, 1.82) is 0 Å². The summed E-state index contributed by atoms with van der Waals surface area (Å²) in [5.41, 5.74) is 9.19. The Kier molecular flexibility index (Phi) is 5.17. The van der Waals surface area contributed by atoms with Crippen molar-refractivity contribution in [3.63, 3.8) is 0 Å². The van der Waals surface area contributed by atoms with Crippen molar-refractivity contribution in [2.45, 2.75) is 26.3 Å².